The SMILES string of the molecule is N#CC1(CS(=O)(=O)N2Cc3ccc(Cl)cc3C(C(=O)Nc3cncc4cn[nH]c34)C2)CC1. The number of amides is 1. The molecule has 1 aromatic carbocycles. The van der Waals surface area contributed by atoms with Gasteiger partial charge in [0.05, 0.1) is 46.8 Å². The summed E-state index contributed by atoms with van der Waals surface area (Å²) >= 11 is 6.19. The molecular weight excluding hydrogens is 452 g/mol. The Balaban J connectivity index is 1.47. The van der Waals surface area contributed by atoms with E-state index in [-0.39, 0.29) is 24.7 Å². The Bertz CT molecular complexity index is 1380. The first-order valence-electron chi connectivity index (χ1n) is 10.1. The molecule has 0 saturated heterocycles. The van der Waals surface area contributed by atoms with Gasteiger partial charge in [-0.05, 0) is 36.1 Å². The third-order valence-corrected chi connectivity index (χ3v) is 8.31. The maximum Gasteiger partial charge on any atom is 0.233 e. The Labute approximate surface area is 189 Å². The summed E-state index contributed by atoms with van der Waals surface area (Å²) in [6.45, 7) is 0.104. The van der Waals surface area contributed by atoms with Gasteiger partial charge in [0.15, 0.2) is 0 Å². The first-order chi connectivity index (χ1) is 15.3. The van der Waals surface area contributed by atoms with Gasteiger partial charge in [-0.3, -0.25) is 14.9 Å². The molecule has 0 radical (unpaired) electrons. The zero-order valence-corrected chi connectivity index (χ0v) is 18.4. The number of hydrogen-bond acceptors (Lipinski definition) is 6. The lowest BCUT2D eigenvalue weighted by Gasteiger charge is -2.33. The Kier molecular flexibility index (Phi) is 4.93. The molecule has 9 nitrogen and oxygen atoms in total. The fourth-order valence-corrected chi connectivity index (χ4v) is 6.21. The van der Waals surface area contributed by atoms with Gasteiger partial charge in [0, 0.05) is 29.7 Å². The van der Waals surface area contributed by atoms with E-state index >= 15 is 0 Å². The van der Waals surface area contributed by atoms with Crippen LogP contribution in [-0.2, 0) is 21.4 Å². The van der Waals surface area contributed by atoms with Gasteiger partial charge in [-0.15, -0.1) is 0 Å². The van der Waals surface area contributed by atoms with Crippen molar-refractivity contribution in [1.82, 2.24) is 19.5 Å². The summed E-state index contributed by atoms with van der Waals surface area (Å²) in [6.07, 6.45) is 5.90. The van der Waals surface area contributed by atoms with Crippen LogP contribution in [0.1, 0.15) is 29.9 Å². The average molecular weight is 471 g/mol. The smallest absolute Gasteiger partial charge is 0.233 e. The molecule has 32 heavy (non-hydrogen) atoms. The number of rotatable bonds is 5. The van der Waals surface area contributed by atoms with Crippen LogP contribution < -0.4 is 5.32 Å². The summed E-state index contributed by atoms with van der Waals surface area (Å²) in [5.74, 6) is -1.38. The molecule has 0 bridgehead atoms. The number of nitrogens with one attached hydrogen (secondary N) is 2. The van der Waals surface area contributed by atoms with E-state index in [4.69, 9.17) is 11.6 Å². The van der Waals surface area contributed by atoms with Crippen molar-refractivity contribution in [1.29, 1.82) is 5.26 Å². The van der Waals surface area contributed by atoms with Crippen LogP contribution in [0.25, 0.3) is 10.9 Å². The zero-order valence-electron chi connectivity index (χ0n) is 16.9. The molecule has 1 aliphatic carbocycles. The van der Waals surface area contributed by atoms with Crippen LogP contribution in [0.4, 0.5) is 5.69 Å². The van der Waals surface area contributed by atoms with Gasteiger partial charge in [0.25, 0.3) is 0 Å². The van der Waals surface area contributed by atoms with Gasteiger partial charge in [0.1, 0.15) is 0 Å². The molecule has 3 heterocycles. The van der Waals surface area contributed by atoms with E-state index in [0.717, 1.165) is 5.39 Å². The van der Waals surface area contributed by atoms with Crippen LogP contribution >= 0.6 is 11.6 Å². The Morgan fingerprint density at radius 1 is 1.34 bits per heavy atom. The van der Waals surface area contributed by atoms with Crippen molar-refractivity contribution in [2.45, 2.75) is 25.3 Å². The number of H-pyrrole nitrogens is 1. The summed E-state index contributed by atoms with van der Waals surface area (Å²) in [4.78, 5) is 17.5. The summed E-state index contributed by atoms with van der Waals surface area (Å²) in [6, 6.07) is 7.27. The highest BCUT2D eigenvalue weighted by Gasteiger charge is 2.49. The van der Waals surface area contributed by atoms with Gasteiger partial charge in [0.2, 0.25) is 15.9 Å². The van der Waals surface area contributed by atoms with Gasteiger partial charge in [-0.2, -0.15) is 14.7 Å². The lowest BCUT2D eigenvalue weighted by molar-refractivity contribution is -0.118. The second-order valence-electron chi connectivity index (χ2n) is 8.35. The van der Waals surface area contributed by atoms with Crippen LogP contribution in [0.5, 0.6) is 0 Å². The molecule has 1 fully saturated rings. The van der Waals surface area contributed by atoms with Crippen LogP contribution in [0.3, 0.4) is 0 Å². The molecular formula is C21H19ClN6O3S. The van der Waals surface area contributed by atoms with Crippen molar-refractivity contribution >= 4 is 44.1 Å². The zero-order chi connectivity index (χ0) is 22.5. The van der Waals surface area contributed by atoms with E-state index in [1.807, 2.05) is 0 Å². The number of fused-ring (bicyclic) bond motifs is 2. The molecule has 3 aromatic rings. The predicted octanol–water partition coefficient (Wildman–Crippen LogP) is 2.78. The number of nitriles is 1. The van der Waals surface area contributed by atoms with Crippen LogP contribution in [0.2, 0.25) is 5.02 Å². The molecule has 1 unspecified atom stereocenters. The average Bonchev–Trinajstić information content (AvgIpc) is 3.35. The molecule has 2 aliphatic rings. The number of sulfonamides is 1. The van der Waals surface area contributed by atoms with E-state index < -0.39 is 21.4 Å². The maximum atomic E-state index is 13.3. The van der Waals surface area contributed by atoms with E-state index in [1.54, 1.807) is 30.6 Å². The number of carbonyl (C=O) groups is 1. The first kappa shape index (κ1) is 20.9. The normalized spacial score (nSPS) is 19.8. The highest BCUT2D eigenvalue weighted by Crippen LogP contribution is 2.47. The fraction of sp³-hybridized carbons (Fsp3) is 0.333. The molecule has 11 heteroatoms. The summed E-state index contributed by atoms with van der Waals surface area (Å²) in [5, 5.41) is 20.2. The van der Waals surface area contributed by atoms with Crippen LogP contribution in [-0.4, -0.2) is 46.1 Å². The summed E-state index contributed by atoms with van der Waals surface area (Å²) in [5.41, 5.74) is 1.68. The summed E-state index contributed by atoms with van der Waals surface area (Å²) < 4.78 is 27.6. The number of aromatic amines is 1. The Morgan fingerprint density at radius 3 is 2.91 bits per heavy atom. The Hall–Kier alpha value is -3.00. The van der Waals surface area contributed by atoms with Crippen LogP contribution in [0.15, 0.2) is 36.8 Å². The molecule has 1 aliphatic heterocycles. The number of benzene rings is 1. The molecule has 5 rings (SSSR count). The van der Waals surface area contributed by atoms with Crippen molar-refractivity contribution in [3.05, 3.63) is 52.9 Å². The first-order valence-corrected chi connectivity index (χ1v) is 12.0. The second kappa shape index (κ2) is 7.55. The van der Waals surface area contributed by atoms with E-state index in [0.29, 0.717) is 40.2 Å². The molecule has 1 amide bonds. The minimum Gasteiger partial charge on any atom is -0.322 e. The van der Waals surface area contributed by atoms with E-state index in [9.17, 15) is 18.5 Å². The van der Waals surface area contributed by atoms with Crippen molar-refractivity contribution in [2.75, 3.05) is 17.6 Å². The lowest BCUT2D eigenvalue weighted by atomic mass is 9.90. The monoisotopic (exact) mass is 470 g/mol. The highest BCUT2D eigenvalue weighted by molar-refractivity contribution is 7.89. The highest BCUT2D eigenvalue weighted by atomic mass is 35.5. The molecule has 0 spiro atoms. The van der Waals surface area contributed by atoms with Gasteiger partial charge >= 0.3 is 0 Å². The number of carbonyl (C=O) groups excluding carboxylic acids is 1. The molecule has 1 saturated carbocycles. The standard InChI is InChI=1S/C21H19ClN6O3S/c22-15-2-1-13-9-28(32(30,31)12-21(11-23)3-4-21)10-17(16(13)5-15)20(29)26-18-8-24-6-14-7-25-27-19(14)18/h1-2,5-8,17H,3-4,9-10,12H2,(H,25,27)(H,26,29). The molecule has 2 aromatic heterocycles. The number of halogens is 1. The van der Waals surface area contributed by atoms with E-state index in [2.05, 4.69) is 26.6 Å². The van der Waals surface area contributed by atoms with Crippen LogP contribution in [0, 0.1) is 16.7 Å². The van der Waals surface area contributed by atoms with Crippen molar-refractivity contribution in [3.8, 4) is 6.07 Å². The summed E-state index contributed by atoms with van der Waals surface area (Å²) in [7, 11) is -3.74. The minimum absolute atomic E-state index is 0.0323. The molecule has 1 atom stereocenters. The maximum absolute atomic E-state index is 13.3. The topological polar surface area (TPSA) is 132 Å². The predicted molar refractivity (Wildman–Crippen MR) is 118 cm³/mol. The number of hydrogen-bond donors (Lipinski definition) is 2. The third kappa shape index (κ3) is 3.72. The minimum atomic E-state index is -3.74. The van der Waals surface area contributed by atoms with Gasteiger partial charge in [-0.25, -0.2) is 8.42 Å². The Morgan fingerprint density at radius 2 is 2.16 bits per heavy atom. The number of pyridine rings is 1. The van der Waals surface area contributed by atoms with E-state index in [1.165, 1.54) is 10.5 Å². The van der Waals surface area contributed by atoms with Gasteiger partial charge < -0.3 is 5.32 Å². The number of nitrogens with zero attached hydrogens (tertiary/aromatic N) is 4. The molecule has 2 N–H and O–H groups in total. The largest absolute Gasteiger partial charge is 0.322 e. The number of anilines is 1. The van der Waals surface area contributed by atoms with Crippen molar-refractivity contribution < 1.29 is 13.2 Å². The lowest BCUT2D eigenvalue weighted by Crippen LogP contribution is -2.44. The van der Waals surface area contributed by atoms with Crippen molar-refractivity contribution in [2.24, 2.45) is 5.41 Å². The quantitative estimate of drug-likeness (QED) is 0.589. The third-order valence-electron chi connectivity index (χ3n) is 6.09. The second-order valence-corrected chi connectivity index (χ2v) is 10.8. The molecule has 164 valence electrons. The fourth-order valence-electron chi connectivity index (χ4n) is 4.09. The van der Waals surface area contributed by atoms with Crippen molar-refractivity contribution in [3.63, 3.8) is 0 Å². The number of aromatic nitrogens is 3. The van der Waals surface area contributed by atoms with Gasteiger partial charge in [-0.1, -0.05) is 17.7 Å².